The maximum absolute atomic E-state index is 12.6. The lowest BCUT2D eigenvalue weighted by Crippen LogP contribution is -2.11. The van der Waals surface area contributed by atoms with E-state index in [2.05, 4.69) is 4.74 Å². The topological polar surface area (TPSA) is 43.4 Å². The molecule has 0 fully saturated rings. The summed E-state index contributed by atoms with van der Waals surface area (Å²) in [5.41, 5.74) is -1.08. The zero-order chi connectivity index (χ0) is 13.3. The minimum Gasteiger partial charge on any atom is -0.380 e. The van der Waals surface area contributed by atoms with Crippen molar-refractivity contribution >= 4 is 19.7 Å². The van der Waals surface area contributed by atoms with Crippen LogP contribution in [0.4, 0.5) is 13.2 Å². The van der Waals surface area contributed by atoms with Gasteiger partial charge in [-0.1, -0.05) is 6.07 Å². The number of benzene rings is 1. The summed E-state index contributed by atoms with van der Waals surface area (Å²) in [7, 11) is 1.82. The van der Waals surface area contributed by atoms with E-state index >= 15 is 0 Å². The molecule has 0 aliphatic heterocycles. The number of methoxy groups -OCH3 is 1. The number of rotatable bonds is 3. The van der Waals surface area contributed by atoms with Crippen molar-refractivity contribution in [3.05, 3.63) is 29.3 Å². The first-order valence-electron chi connectivity index (χ1n) is 4.30. The third-order valence-corrected chi connectivity index (χ3v) is 3.30. The van der Waals surface area contributed by atoms with Gasteiger partial charge in [-0.2, -0.15) is 13.2 Å². The molecule has 0 atom stereocenters. The molecule has 0 N–H and O–H groups in total. The number of ether oxygens (including phenoxy) is 1. The Morgan fingerprint density at radius 3 is 2.35 bits per heavy atom. The van der Waals surface area contributed by atoms with Gasteiger partial charge in [-0.15, -0.1) is 0 Å². The number of halogens is 4. The maximum Gasteiger partial charge on any atom is 0.417 e. The van der Waals surface area contributed by atoms with Crippen molar-refractivity contribution in [2.24, 2.45) is 0 Å². The minimum atomic E-state index is -4.79. The molecule has 0 heterocycles. The van der Waals surface area contributed by atoms with Crippen molar-refractivity contribution in [2.75, 3.05) is 7.11 Å². The average Bonchev–Trinajstić information content (AvgIpc) is 2.15. The second-order valence-corrected chi connectivity index (χ2v) is 5.73. The van der Waals surface area contributed by atoms with Gasteiger partial charge in [-0.25, -0.2) is 8.42 Å². The van der Waals surface area contributed by atoms with Crippen molar-refractivity contribution in [3.63, 3.8) is 0 Å². The molecule has 0 unspecified atom stereocenters. The Bertz CT molecular complexity index is 511. The van der Waals surface area contributed by atoms with Gasteiger partial charge in [0.1, 0.15) is 0 Å². The van der Waals surface area contributed by atoms with E-state index in [0.29, 0.717) is 6.07 Å². The number of alkyl halides is 3. The molecule has 0 saturated heterocycles. The van der Waals surface area contributed by atoms with Crippen molar-refractivity contribution in [2.45, 2.75) is 17.7 Å². The third kappa shape index (κ3) is 3.58. The molecule has 1 aromatic carbocycles. The molecule has 0 aliphatic carbocycles. The Labute approximate surface area is 101 Å². The fraction of sp³-hybridized carbons (Fsp3) is 0.333. The van der Waals surface area contributed by atoms with E-state index in [1.54, 1.807) is 0 Å². The lowest BCUT2D eigenvalue weighted by molar-refractivity contribution is -0.139. The van der Waals surface area contributed by atoms with Gasteiger partial charge >= 0.3 is 6.18 Å². The Kier molecular flexibility index (Phi) is 4.06. The molecule has 0 spiro atoms. The molecule has 1 rings (SSSR count). The largest absolute Gasteiger partial charge is 0.417 e. The molecule has 0 saturated carbocycles. The van der Waals surface area contributed by atoms with Crippen LogP contribution in [0.5, 0.6) is 0 Å². The van der Waals surface area contributed by atoms with E-state index in [0.717, 1.165) is 6.07 Å². The van der Waals surface area contributed by atoms with E-state index in [9.17, 15) is 21.6 Å². The zero-order valence-electron chi connectivity index (χ0n) is 8.58. The normalized spacial score (nSPS) is 12.8. The zero-order valence-corrected chi connectivity index (χ0v) is 10.2. The summed E-state index contributed by atoms with van der Waals surface area (Å²) in [5, 5.41) is 0. The van der Waals surface area contributed by atoms with Crippen LogP contribution in [0, 0.1) is 0 Å². The average molecular weight is 289 g/mol. The Morgan fingerprint density at radius 2 is 1.94 bits per heavy atom. The lowest BCUT2D eigenvalue weighted by Gasteiger charge is -2.12. The summed E-state index contributed by atoms with van der Waals surface area (Å²) < 4.78 is 64.6. The smallest absolute Gasteiger partial charge is 0.380 e. The van der Waals surface area contributed by atoms with Gasteiger partial charge in [0.2, 0.25) is 0 Å². The van der Waals surface area contributed by atoms with E-state index in [4.69, 9.17) is 10.7 Å². The first-order chi connectivity index (χ1) is 7.66. The highest BCUT2D eigenvalue weighted by Gasteiger charge is 2.36. The number of hydrogen-bond donors (Lipinski definition) is 0. The molecule has 0 radical (unpaired) electrons. The molecule has 96 valence electrons. The summed E-state index contributed by atoms with van der Waals surface area (Å²) in [6.07, 6.45) is -4.79. The third-order valence-electron chi connectivity index (χ3n) is 1.92. The SMILES string of the molecule is COCc1ccc(S(=O)(=O)Cl)c(C(F)(F)F)c1. The first kappa shape index (κ1) is 14.3. The maximum atomic E-state index is 12.6. The predicted octanol–water partition coefficient (Wildman–Crippen LogP) is 2.78. The van der Waals surface area contributed by atoms with Gasteiger partial charge in [-0.05, 0) is 17.7 Å². The summed E-state index contributed by atoms with van der Waals surface area (Å²) in [6.45, 7) is -0.0499. The Morgan fingerprint density at radius 1 is 1.35 bits per heavy atom. The van der Waals surface area contributed by atoms with Crippen LogP contribution in [0.2, 0.25) is 0 Å². The van der Waals surface area contributed by atoms with Gasteiger partial charge in [0.25, 0.3) is 9.05 Å². The highest BCUT2D eigenvalue weighted by atomic mass is 35.7. The molecular formula is C9H8ClF3O3S. The second kappa shape index (κ2) is 4.83. The van der Waals surface area contributed by atoms with Crippen molar-refractivity contribution in [3.8, 4) is 0 Å². The summed E-state index contributed by atoms with van der Waals surface area (Å²) in [4.78, 5) is -0.952. The van der Waals surface area contributed by atoms with Crippen LogP contribution in [-0.4, -0.2) is 15.5 Å². The molecule has 0 bridgehead atoms. The molecule has 3 nitrogen and oxygen atoms in total. The van der Waals surface area contributed by atoms with Crippen LogP contribution < -0.4 is 0 Å². The fourth-order valence-electron chi connectivity index (χ4n) is 1.27. The molecule has 1 aromatic rings. The van der Waals surface area contributed by atoms with Crippen molar-refractivity contribution in [1.29, 1.82) is 0 Å². The molecule has 0 amide bonds. The van der Waals surface area contributed by atoms with E-state index < -0.39 is 25.7 Å². The highest BCUT2D eigenvalue weighted by molar-refractivity contribution is 8.13. The monoisotopic (exact) mass is 288 g/mol. The van der Waals surface area contributed by atoms with Crippen molar-refractivity contribution in [1.82, 2.24) is 0 Å². The predicted molar refractivity (Wildman–Crippen MR) is 55.2 cm³/mol. The molecule has 0 aromatic heterocycles. The Hall–Kier alpha value is -0.790. The van der Waals surface area contributed by atoms with Crippen LogP contribution in [0.3, 0.4) is 0 Å². The van der Waals surface area contributed by atoms with E-state index in [-0.39, 0.29) is 12.2 Å². The summed E-state index contributed by atoms with van der Waals surface area (Å²) in [5.74, 6) is 0. The van der Waals surface area contributed by atoms with Crippen molar-refractivity contribution < 1.29 is 26.3 Å². The quantitative estimate of drug-likeness (QED) is 0.803. The van der Waals surface area contributed by atoms with Crippen LogP contribution >= 0.6 is 10.7 Å². The van der Waals surface area contributed by atoms with Crippen LogP contribution in [0.1, 0.15) is 11.1 Å². The Balaban J connectivity index is 3.43. The number of hydrogen-bond acceptors (Lipinski definition) is 3. The van der Waals surface area contributed by atoms with Crippen LogP contribution in [-0.2, 0) is 26.6 Å². The lowest BCUT2D eigenvalue weighted by atomic mass is 10.1. The highest BCUT2D eigenvalue weighted by Crippen LogP contribution is 2.36. The van der Waals surface area contributed by atoms with Crippen LogP contribution in [0.25, 0.3) is 0 Å². The van der Waals surface area contributed by atoms with Gasteiger partial charge in [-0.3, -0.25) is 0 Å². The molecule has 8 heteroatoms. The molecule has 17 heavy (non-hydrogen) atoms. The fourth-order valence-corrected chi connectivity index (χ4v) is 2.34. The summed E-state index contributed by atoms with van der Waals surface area (Å²) >= 11 is 0. The van der Waals surface area contributed by atoms with Gasteiger partial charge in [0.05, 0.1) is 17.1 Å². The van der Waals surface area contributed by atoms with E-state index in [1.807, 2.05) is 0 Å². The first-order valence-corrected chi connectivity index (χ1v) is 6.61. The summed E-state index contributed by atoms with van der Waals surface area (Å²) in [6, 6.07) is 2.74. The van der Waals surface area contributed by atoms with Crippen LogP contribution in [0.15, 0.2) is 23.1 Å². The van der Waals surface area contributed by atoms with Gasteiger partial charge in [0.15, 0.2) is 0 Å². The second-order valence-electron chi connectivity index (χ2n) is 3.20. The van der Waals surface area contributed by atoms with Gasteiger partial charge in [0, 0.05) is 17.8 Å². The minimum absolute atomic E-state index is 0.0499. The molecular weight excluding hydrogens is 281 g/mol. The molecule has 0 aliphatic rings. The standard InChI is InChI=1S/C9H8ClF3O3S/c1-16-5-6-2-3-8(17(10,14)15)7(4-6)9(11,12)13/h2-4H,5H2,1H3. The van der Waals surface area contributed by atoms with E-state index in [1.165, 1.54) is 13.2 Å². The van der Waals surface area contributed by atoms with Gasteiger partial charge < -0.3 is 4.74 Å².